The maximum Gasteiger partial charge on any atom is 0.261 e. The summed E-state index contributed by atoms with van der Waals surface area (Å²) in [5.74, 6) is -0.410. The minimum Gasteiger partial charge on any atom is -0.345 e. The van der Waals surface area contributed by atoms with Gasteiger partial charge in [-0.05, 0) is 37.6 Å². The number of aromatic nitrogens is 2. The fraction of sp³-hybridized carbons (Fsp3) is 0.250. The van der Waals surface area contributed by atoms with Crippen LogP contribution in [0.4, 0.5) is 4.39 Å². The number of benzene rings is 1. The van der Waals surface area contributed by atoms with Crippen molar-refractivity contribution in [2.45, 2.75) is 19.9 Å². The summed E-state index contributed by atoms with van der Waals surface area (Å²) in [6.07, 6.45) is 0. The Morgan fingerprint density at radius 2 is 2.05 bits per heavy atom. The van der Waals surface area contributed by atoms with Gasteiger partial charge in [0.05, 0.1) is 16.6 Å². The van der Waals surface area contributed by atoms with Crippen LogP contribution >= 0.6 is 11.3 Å². The number of aryl methyl sites for hydroxylation is 2. The Kier molecular flexibility index (Phi) is 3.70. The van der Waals surface area contributed by atoms with Crippen LogP contribution in [0.3, 0.4) is 0 Å². The second-order valence-electron chi connectivity index (χ2n) is 5.29. The van der Waals surface area contributed by atoms with Crippen LogP contribution in [-0.2, 0) is 7.05 Å². The minimum absolute atomic E-state index is 0.127. The molecule has 0 fully saturated rings. The molecule has 0 aliphatic carbocycles. The quantitative estimate of drug-likeness (QED) is 0.802. The lowest BCUT2D eigenvalue weighted by Gasteiger charge is -2.13. The van der Waals surface area contributed by atoms with Gasteiger partial charge >= 0.3 is 0 Å². The summed E-state index contributed by atoms with van der Waals surface area (Å²) in [6, 6.07) is 7.84. The average molecular weight is 317 g/mol. The zero-order chi connectivity index (χ0) is 15.9. The van der Waals surface area contributed by atoms with Crippen LogP contribution in [0.2, 0.25) is 0 Å². The van der Waals surface area contributed by atoms with Crippen molar-refractivity contribution in [1.29, 1.82) is 0 Å². The molecule has 3 aromatic rings. The normalized spacial score (nSPS) is 12.5. The molecule has 6 heteroatoms. The van der Waals surface area contributed by atoms with Gasteiger partial charge in [-0.2, -0.15) is 5.10 Å². The van der Waals surface area contributed by atoms with Gasteiger partial charge in [-0.3, -0.25) is 9.48 Å². The van der Waals surface area contributed by atoms with Crippen LogP contribution < -0.4 is 5.32 Å². The largest absolute Gasteiger partial charge is 0.345 e. The van der Waals surface area contributed by atoms with Crippen LogP contribution in [0, 0.1) is 12.7 Å². The number of hydrogen-bond donors (Lipinski definition) is 1. The number of fused-ring (bicyclic) bond motifs is 1. The SMILES string of the molecule is Cc1nn(C)c2sc(C(=O)NC(C)c3ccc(F)cc3)cc12. The van der Waals surface area contributed by atoms with E-state index in [0.717, 1.165) is 21.5 Å². The van der Waals surface area contributed by atoms with Gasteiger partial charge in [-0.1, -0.05) is 12.1 Å². The first-order valence-corrected chi connectivity index (χ1v) is 7.77. The second-order valence-corrected chi connectivity index (χ2v) is 6.32. The van der Waals surface area contributed by atoms with Crippen LogP contribution in [-0.4, -0.2) is 15.7 Å². The number of nitrogens with zero attached hydrogens (tertiary/aromatic N) is 2. The van der Waals surface area contributed by atoms with Gasteiger partial charge in [-0.15, -0.1) is 11.3 Å². The summed E-state index contributed by atoms with van der Waals surface area (Å²) in [5.41, 5.74) is 1.79. The number of thiophene rings is 1. The summed E-state index contributed by atoms with van der Waals surface area (Å²) in [7, 11) is 1.87. The van der Waals surface area contributed by atoms with Crippen LogP contribution in [0.1, 0.15) is 33.9 Å². The molecule has 0 saturated carbocycles. The van der Waals surface area contributed by atoms with Gasteiger partial charge in [0.15, 0.2) is 0 Å². The Bertz CT molecular complexity index is 801. The van der Waals surface area contributed by atoms with Crippen molar-refractivity contribution >= 4 is 27.5 Å². The van der Waals surface area contributed by atoms with Crippen molar-refractivity contribution in [1.82, 2.24) is 15.1 Å². The number of carbonyl (C=O) groups excluding carboxylic acids is 1. The zero-order valence-electron chi connectivity index (χ0n) is 12.6. The zero-order valence-corrected chi connectivity index (χ0v) is 13.4. The molecule has 0 radical (unpaired) electrons. The van der Waals surface area contributed by atoms with E-state index in [1.807, 2.05) is 27.0 Å². The highest BCUT2D eigenvalue weighted by atomic mass is 32.1. The maximum absolute atomic E-state index is 12.9. The fourth-order valence-corrected chi connectivity index (χ4v) is 3.45. The van der Waals surface area contributed by atoms with E-state index >= 15 is 0 Å². The van der Waals surface area contributed by atoms with E-state index in [1.54, 1.807) is 16.8 Å². The molecule has 0 spiro atoms. The predicted molar refractivity (Wildman–Crippen MR) is 85.6 cm³/mol. The number of nitrogens with one attached hydrogen (secondary N) is 1. The third kappa shape index (κ3) is 2.62. The third-order valence-corrected chi connectivity index (χ3v) is 4.84. The summed E-state index contributed by atoms with van der Waals surface area (Å²) >= 11 is 1.42. The Morgan fingerprint density at radius 3 is 2.68 bits per heavy atom. The van der Waals surface area contributed by atoms with Gasteiger partial charge in [0.25, 0.3) is 5.91 Å². The molecular weight excluding hydrogens is 301 g/mol. The standard InChI is InChI=1S/C16H16FN3OS/c1-9(11-4-6-12(17)7-5-11)18-15(21)14-8-13-10(2)19-20(3)16(13)22-14/h4-9H,1-3H3,(H,18,21). The monoisotopic (exact) mass is 317 g/mol. The summed E-state index contributed by atoms with van der Waals surface area (Å²) in [6.45, 7) is 3.81. The molecule has 1 unspecified atom stereocenters. The average Bonchev–Trinajstić information content (AvgIpc) is 3.02. The molecule has 2 aromatic heterocycles. The molecule has 1 amide bonds. The van der Waals surface area contributed by atoms with Crippen molar-refractivity contribution < 1.29 is 9.18 Å². The lowest BCUT2D eigenvalue weighted by atomic mass is 10.1. The predicted octanol–water partition coefficient (Wildman–Crippen LogP) is 3.57. The molecule has 0 bridgehead atoms. The first-order chi connectivity index (χ1) is 10.5. The highest BCUT2D eigenvalue weighted by Crippen LogP contribution is 2.28. The van der Waals surface area contributed by atoms with Crippen LogP contribution in [0.5, 0.6) is 0 Å². The Labute approximate surface area is 131 Å². The van der Waals surface area contributed by atoms with Crippen LogP contribution in [0.25, 0.3) is 10.2 Å². The van der Waals surface area contributed by atoms with Gasteiger partial charge in [0.1, 0.15) is 10.6 Å². The molecule has 1 atom stereocenters. The molecular formula is C16H16FN3OS. The van der Waals surface area contributed by atoms with E-state index in [4.69, 9.17) is 0 Å². The van der Waals surface area contributed by atoms with Gasteiger partial charge < -0.3 is 5.32 Å². The molecule has 0 saturated heterocycles. The summed E-state index contributed by atoms with van der Waals surface area (Å²) in [4.78, 5) is 14.0. The third-order valence-electron chi connectivity index (χ3n) is 3.64. The van der Waals surface area contributed by atoms with E-state index in [-0.39, 0.29) is 17.8 Å². The van der Waals surface area contributed by atoms with Crippen molar-refractivity contribution in [2.24, 2.45) is 7.05 Å². The molecule has 4 nitrogen and oxygen atoms in total. The molecule has 114 valence electrons. The first-order valence-electron chi connectivity index (χ1n) is 6.95. The van der Waals surface area contributed by atoms with Crippen molar-refractivity contribution in [2.75, 3.05) is 0 Å². The highest BCUT2D eigenvalue weighted by molar-refractivity contribution is 7.20. The minimum atomic E-state index is -0.283. The van der Waals surface area contributed by atoms with Gasteiger partial charge in [-0.25, -0.2) is 4.39 Å². The van der Waals surface area contributed by atoms with Crippen molar-refractivity contribution in [3.05, 3.63) is 52.3 Å². The fourth-order valence-electron chi connectivity index (χ4n) is 2.42. The number of carbonyl (C=O) groups is 1. The molecule has 22 heavy (non-hydrogen) atoms. The molecule has 1 aromatic carbocycles. The Hall–Kier alpha value is -2.21. The molecule has 0 aliphatic heterocycles. The van der Waals surface area contributed by atoms with E-state index in [1.165, 1.54) is 23.5 Å². The van der Waals surface area contributed by atoms with Gasteiger partial charge in [0, 0.05) is 12.4 Å². The molecule has 3 rings (SSSR count). The number of hydrogen-bond acceptors (Lipinski definition) is 3. The van der Waals surface area contributed by atoms with Crippen molar-refractivity contribution in [3.63, 3.8) is 0 Å². The van der Waals surface area contributed by atoms with E-state index in [0.29, 0.717) is 4.88 Å². The van der Waals surface area contributed by atoms with Gasteiger partial charge in [0.2, 0.25) is 0 Å². The smallest absolute Gasteiger partial charge is 0.261 e. The molecule has 1 N–H and O–H groups in total. The summed E-state index contributed by atoms with van der Waals surface area (Å²) < 4.78 is 14.7. The Balaban J connectivity index is 1.80. The van der Waals surface area contributed by atoms with E-state index in [2.05, 4.69) is 10.4 Å². The number of rotatable bonds is 3. The highest BCUT2D eigenvalue weighted by Gasteiger charge is 2.17. The maximum atomic E-state index is 12.9. The van der Waals surface area contributed by atoms with E-state index in [9.17, 15) is 9.18 Å². The Morgan fingerprint density at radius 1 is 1.36 bits per heavy atom. The topological polar surface area (TPSA) is 46.9 Å². The molecule has 2 heterocycles. The lowest BCUT2D eigenvalue weighted by Crippen LogP contribution is -2.25. The van der Waals surface area contributed by atoms with E-state index < -0.39 is 0 Å². The lowest BCUT2D eigenvalue weighted by molar-refractivity contribution is 0.0944. The second kappa shape index (κ2) is 5.53. The molecule has 0 aliphatic rings. The number of amides is 1. The van der Waals surface area contributed by atoms with Crippen LogP contribution in [0.15, 0.2) is 30.3 Å². The first kappa shape index (κ1) is 14.7. The van der Waals surface area contributed by atoms with Crippen molar-refractivity contribution in [3.8, 4) is 0 Å². The number of halogens is 1. The summed E-state index contributed by atoms with van der Waals surface area (Å²) in [5, 5.41) is 8.27.